The van der Waals surface area contributed by atoms with Gasteiger partial charge in [0.25, 0.3) is 5.91 Å². The van der Waals surface area contributed by atoms with Gasteiger partial charge in [-0.2, -0.15) is 0 Å². The van der Waals surface area contributed by atoms with Gasteiger partial charge in [0.2, 0.25) is 10.0 Å². The third-order valence-electron chi connectivity index (χ3n) is 4.27. The molecule has 1 fully saturated rings. The lowest BCUT2D eigenvalue weighted by Crippen LogP contribution is -2.44. The number of primary sulfonamides is 1. The summed E-state index contributed by atoms with van der Waals surface area (Å²) < 4.78 is 28.3. The third kappa shape index (κ3) is 4.88. The summed E-state index contributed by atoms with van der Waals surface area (Å²) in [7, 11) is -4.15. The number of nitrogens with two attached hydrogens (primary N) is 1. The molecule has 1 saturated heterocycles. The number of esters is 1. The van der Waals surface area contributed by atoms with E-state index in [1.165, 1.54) is 6.92 Å². The molecule has 1 aromatic rings. The zero-order valence-electron chi connectivity index (χ0n) is 14.4. The fourth-order valence-corrected chi connectivity index (χ4v) is 4.06. The average Bonchev–Trinajstić information content (AvgIpc) is 2.53. The molecule has 0 unspecified atom stereocenters. The second-order valence-corrected chi connectivity index (χ2v) is 8.71. The lowest BCUT2D eigenvalue weighted by Gasteiger charge is -2.31. The van der Waals surface area contributed by atoms with Gasteiger partial charge < -0.3 is 9.64 Å². The Kier molecular flexibility index (Phi) is 6.55. The van der Waals surface area contributed by atoms with E-state index in [0.29, 0.717) is 19.0 Å². The average molecular weight is 423 g/mol. The van der Waals surface area contributed by atoms with E-state index in [-0.39, 0.29) is 21.5 Å². The molecule has 1 aliphatic rings. The Labute approximate surface area is 162 Å². The maximum atomic E-state index is 12.4. The Morgan fingerprint density at radius 2 is 1.81 bits per heavy atom. The SMILES string of the molecule is CC1CCN(C(=O)[C@H](C)OC(=O)c2cc(S(N)(=O)=O)c(Cl)cc2Cl)CC1. The van der Waals surface area contributed by atoms with Crippen LogP contribution in [0.2, 0.25) is 10.0 Å². The molecule has 0 bridgehead atoms. The highest BCUT2D eigenvalue weighted by molar-refractivity contribution is 7.89. The number of hydrogen-bond donors (Lipinski definition) is 1. The summed E-state index contributed by atoms with van der Waals surface area (Å²) in [6.45, 7) is 4.80. The lowest BCUT2D eigenvalue weighted by atomic mass is 9.99. The number of benzene rings is 1. The molecule has 0 aromatic heterocycles. The molecule has 1 heterocycles. The van der Waals surface area contributed by atoms with Gasteiger partial charge in [-0.15, -0.1) is 0 Å². The summed E-state index contributed by atoms with van der Waals surface area (Å²) in [5.74, 6) is -0.675. The molecular formula is C16H20Cl2N2O5S. The van der Waals surface area contributed by atoms with Crippen molar-refractivity contribution < 1.29 is 22.7 Å². The molecule has 0 radical (unpaired) electrons. The Morgan fingerprint density at radius 1 is 1.23 bits per heavy atom. The number of likely N-dealkylation sites (tertiary alicyclic amines) is 1. The maximum Gasteiger partial charge on any atom is 0.340 e. The van der Waals surface area contributed by atoms with Gasteiger partial charge in [0.1, 0.15) is 4.90 Å². The van der Waals surface area contributed by atoms with Crippen molar-refractivity contribution in [3.63, 3.8) is 0 Å². The molecule has 0 spiro atoms. The maximum absolute atomic E-state index is 12.4. The van der Waals surface area contributed by atoms with E-state index >= 15 is 0 Å². The molecule has 7 nitrogen and oxygen atoms in total. The van der Waals surface area contributed by atoms with Crippen molar-refractivity contribution in [2.24, 2.45) is 11.1 Å². The first-order valence-electron chi connectivity index (χ1n) is 8.02. The first-order valence-corrected chi connectivity index (χ1v) is 10.3. The molecular weight excluding hydrogens is 403 g/mol. The minimum atomic E-state index is -4.15. The van der Waals surface area contributed by atoms with Crippen LogP contribution >= 0.6 is 23.2 Å². The van der Waals surface area contributed by atoms with Crippen LogP contribution < -0.4 is 5.14 Å². The standard InChI is InChI=1S/C16H20Cl2N2O5S/c1-9-3-5-20(6-4-9)15(21)10(2)25-16(22)11-7-14(26(19,23)24)13(18)8-12(11)17/h7-10H,3-6H2,1-2H3,(H2,19,23,24)/t10-/m0/s1. The van der Waals surface area contributed by atoms with Crippen LogP contribution in [0.4, 0.5) is 0 Å². The number of piperidine rings is 1. The van der Waals surface area contributed by atoms with Crippen molar-refractivity contribution in [2.45, 2.75) is 37.7 Å². The third-order valence-corrected chi connectivity index (χ3v) is 5.96. The van der Waals surface area contributed by atoms with Crippen LogP contribution in [-0.4, -0.2) is 44.4 Å². The number of ether oxygens (including phenoxy) is 1. The number of sulfonamides is 1. The van der Waals surface area contributed by atoms with Crippen LogP contribution in [0.15, 0.2) is 17.0 Å². The van der Waals surface area contributed by atoms with Crippen molar-refractivity contribution in [1.82, 2.24) is 4.90 Å². The first kappa shape index (κ1) is 21.0. The lowest BCUT2D eigenvalue weighted by molar-refractivity contribution is -0.141. The summed E-state index contributed by atoms with van der Waals surface area (Å²) in [5.41, 5.74) is -0.230. The molecule has 1 amide bonds. The Balaban J connectivity index is 2.15. The smallest absolute Gasteiger partial charge is 0.340 e. The predicted octanol–water partition coefficient (Wildman–Crippen LogP) is 2.44. The van der Waals surface area contributed by atoms with Crippen LogP contribution in [0.5, 0.6) is 0 Å². The van der Waals surface area contributed by atoms with Crippen LogP contribution in [0.1, 0.15) is 37.0 Å². The molecule has 2 rings (SSSR count). The van der Waals surface area contributed by atoms with Gasteiger partial charge in [0.15, 0.2) is 6.10 Å². The quantitative estimate of drug-likeness (QED) is 0.749. The van der Waals surface area contributed by atoms with Crippen LogP contribution in [-0.2, 0) is 19.6 Å². The first-order chi connectivity index (χ1) is 12.0. The highest BCUT2D eigenvalue weighted by atomic mass is 35.5. The van der Waals surface area contributed by atoms with Gasteiger partial charge in [-0.25, -0.2) is 18.4 Å². The number of nitrogens with zero attached hydrogens (tertiary/aromatic N) is 1. The van der Waals surface area contributed by atoms with Gasteiger partial charge in [-0.1, -0.05) is 30.1 Å². The van der Waals surface area contributed by atoms with Crippen molar-refractivity contribution in [3.8, 4) is 0 Å². The van der Waals surface area contributed by atoms with E-state index in [4.69, 9.17) is 33.1 Å². The summed E-state index contributed by atoms with van der Waals surface area (Å²) in [6, 6.07) is 2.04. The van der Waals surface area contributed by atoms with Crippen molar-refractivity contribution in [1.29, 1.82) is 0 Å². The van der Waals surface area contributed by atoms with Crippen LogP contribution in [0.25, 0.3) is 0 Å². The number of hydrogen-bond acceptors (Lipinski definition) is 5. The zero-order valence-corrected chi connectivity index (χ0v) is 16.7. The van der Waals surface area contributed by atoms with E-state index < -0.39 is 27.0 Å². The molecule has 144 valence electrons. The fourth-order valence-electron chi connectivity index (χ4n) is 2.66. The van der Waals surface area contributed by atoms with E-state index in [9.17, 15) is 18.0 Å². The van der Waals surface area contributed by atoms with E-state index in [1.807, 2.05) is 0 Å². The number of carbonyl (C=O) groups excluding carboxylic acids is 2. The summed E-state index contributed by atoms with van der Waals surface area (Å²) in [6.07, 6.45) is 0.765. The van der Waals surface area contributed by atoms with Gasteiger partial charge in [0.05, 0.1) is 15.6 Å². The topological polar surface area (TPSA) is 107 Å². The molecule has 1 aliphatic heterocycles. The van der Waals surface area contributed by atoms with Crippen molar-refractivity contribution in [2.75, 3.05) is 13.1 Å². The molecule has 26 heavy (non-hydrogen) atoms. The second-order valence-electron chi connectivity index (χ2n) is 6.36. The van der Waals surface area contributed by atoms with Crippen LogP contribution in [0.3, 0.4) is 0 Å². The van der Waals surface area contributed by atoms with Gasteiger partial charge in [0, 0.05) is 13.1 Å². The highest BCUT2D eigenvalue weighted by Crippen LogP contribution is 2.29. The van der Waals surface area contributed by atoms with E-state index in [1.54, 1.807) is 4.90 Å². The zero-order chi connectivity index (χ0) is 19.6. The van der Waals surface area contributed by atoms with Gasteiger partial charge in [-0.3, -0.25) is 4.79 Å². The van der Waals surface area contributed by atoms with E-state index in [2.05, 4.69) is 6.92 Å². The fraction of sp³-hybridized carbons (Fsp3) is 0.500. The number of rotatable bonds is 4. The number of carbonyl (C=O) groups is 2. The largest absolute Gasteiger partial charge is 0.449 e. The molecule has 0 saturated carbocycles. The van der Waals surface area contributed by atoms with Crippen LogP contribution in [0, 0.1) is 5.92 Å². The summed E-state index contributed by atoms with van der Waals surface area (Å²) >= 11 is 11.8. The Morgan fingerprint density at radius 3 is 2.35 bits per heavy atom. The molecule has 10 heteroatoms. The minimum Gasteiger partial charge on any atom is -0.449 e. The van der Waals surface area contributed by atoms with E-state index in [0.717, 1.165) is 25.0 Å². The molecule has 1 atom stereocenters. The normalized spacial score (nSPS) is 17.0. The van der Waals surface area contributed by atoms with Gasteiger partial charge in [-0.05, 0) is 37.8 Å². The minimum absolute atomic E-state index is 0.0983. The Hall–Kier alpha value is -1.35. The Bertz CT molecular complexity index is 820. The highest BCUT2D eigenvalue weighted by Gasteiger charge is 2.28. The summed E-state index contributed by atoms with van der Waals surface area (Å²) in [5, 5.41) is 4.76. The molecule has 0 aliphatic carbocycles. The number of halogens is 2. The number of amides is 1. The molecule has 2 N–H and O–H groups in total. The van der Waals surface area contributed by atoms with Gasteiger partial charge >= 0.3 is 5.97 Å². The van der Waals surface area contributed by atoms with Crippen molar-refractivity contribution in [3.05, 3.63) is 27.7 Å². The monoisotopic (exact) mass is 422 g/mol. The summed E-state index contributed by atoms with van der Waals surface area (Å²) in [4.78, 5) is 26.0. The predicted molar refractivity (Wildman–Crippen MR) is 97.7 cm³/mol. The second kappa shape index (κ2) is 8.12. The van der Waals surface area contributed by atoms with Crippen molar-refractivity contribution >= 4 is 45.1 Å². The molecule has 1 aromatic carbocycles.